The third-order valence-corrected chi connectivity index (χ3v) is 2.45. The summed E-state index contributed by atoms with van der Waals surface area (Å²) in [5, 5.41) is 0. The summed E-state index contributed by atoms with van der Waals surface area (Å²) in [5.41, 5.74) is 8.87. The van der Waals surface area contributed by atoms with Gasteiger partial charge in [0.2, 0.25) is 0 Å². The number of nitrogens with two attached hydrogens (primary N) is 1. The van der Waals surface area contributed by atoms with Crippen molar-refractivity contribution in [2.45, 2.75) is 26.4 Å². The normalized spacial score (nSPS) is 15.3. The van der Waals surface area contributed by atoms with E-state index in [2.05, 4.69) is 9.97 Å². The molecule has 4 heteroatoms. The molecule has 0 atom stereocenters. The van der Waals surface area contributed by atoms with Gasteiger partial charge in [-0.3, -0.25) is 0 Å². The molecule has 0 saturated carbocycles. The smallest absolute Gasteiger partial charge is 0.130 e. The van der Waals surface area contributed by atoms with Crippen LogP contribution in [0.4, 0.5) is 0 Å². The summed E-state index contributed by atoms with van der Waals surface area (Å²) in [5.74, 6) is 0.842. The zero-order chi connectivity index (χ0) is 9.97. The van der Waals surface area contributed by atoms with Gasteiger partial charge in [-0.2, -0.15) is 0 Å². The molecule has 1 aromatic rings. The molecule has 76 valence electrons. The maximum atomic E-state index is 5.48. The molecule has 0 aliphatic carbocycles. The molecule has 1 aliphatic heterocycles. The number of hydrogen-bond acceptors (Lipinski definition) is 4. The Morgan fingerprint density at radius 1 is 1.43 bits per heavy atom. The van der Waals surface area contributed by atoms with Crippen LogP contribution in [-0.4, -0.2) is 23.1 Å². The second kappa shape index (κ2) is 4.02. The Balaban J connectivity index is 2.36. The summed E-state index contributed by atoms with van der Waals surface area (Å²) in [4.78, 5) is 8.88. The molecule has 2 rings (SSSR count). The number of rotatable bonds is 2. The lowest BCUT2D eigenvalue weighted by Gasteiger charge is -2.17. The van der Waals surface area contributed by atoms with Gasteiger partial charge >= 0.3 is 0 Å². The predicted octanol–water partition coefficient (Wildman–Crippen LogP) is 0.359. The van der Waals surface area contributed by atoms with Crippen molar-refractivity contribution in [3.63, 3.8) is 0 Å². The fraction of sp³-hybridized carbons (Fsp3) is 0.600. The van der Waals surface area contributed by atoms with Gasteiger partial charge in [-0.25, -0.2) is 9.97 Å². The summed E-state index contributed by atoms with van der Waals surface area (Å²) in [6.45, 7) is 4.04. The summed E-state index contributed by atoms with van der Waals surface area (Å²) < 4.78 is 5.36. The zero-order valence-electron chi connectivity index (χ0n) is 8.42. The van der Waals surface area contributed by atoms with Gasteiger partial charge in [0, 0.05) is 12.1 Å². The summed E-state index contributed by atoms with van der Waals surface area (Å²) in [6.07, 6.45) is 1.68. The third-order valence-electron chi connectivity index (χ3n) is 2.45. The molecule has 4 nitrogen and oxygen atoms in total. The first-order valence-corrected chi connectivity index (χ1v) is 4.94. The predicted molar refractivity (Wildman–Crippen MR) is 52.9 cm³/mol. The fourth-order valence-electron chi connectivity index (χ4n) is 1.75. The average Bonchev–Trinajstić information content (AvgIpc) is 2.18. The van der Waals surface area contributed by atoms with E-state index < -0.39 is 0 Å². The number of nitrogens with zero attached hydrogens (tertiary/aromatic N) is 2. The van der Waals surface area contributed by atoms with Crippen LogP contribution in [0.25, 0.3) is 0 Å². The Hall–Kier alpha value is -1.00. The maximum Gasteiger partial charge on any atom is 0.130 e. The van der Waals surface area contributed by atoms with Crippen LogP contribution in [0, 0.1) is 6.92 Å². The molecule has 2 heterocycles. The number of ether oxygens (including phenoxy) is 1. The van der Waals surface area contributed by atoms with Crippen molar-refractivity contribution in [3.05, 3.63) is 22.8 Å². The highest BCUT2D eigenvalue weighted by molar-refractivity contribution is 5.26. The lowest BCUT2D eigenvalue weighted by molar-refractivity contribution is 0.106. The Labute approximate surface area is 83.5 Å². The Morgan fingerprint density at radius 3 is 3.07 bits per heavy atom. The minimum absolute atomic E-state index is 0.596. The van der Waals surface area contributed by atoms with Crippen molar-refractivity contribution >= 4 is 0 Å². The number of hydrogen-bond donors (Lipinski definition) is 1. The molecule has 0 bridgehead atoms. The van der Waals surface area contributed by atoms with Crippen LogP contribution in [0.5, 0.6) is 0 Å². The lowest BCUT2D eigenvalue weighted by atomic mass is 10.1. The van der Waals surface area contributed by atoms with Crippen LogP contribution in [-0.2, 0) is 24.2 Å². The minimum atomic E-state index is 0.596. The van der Waals surface area contributed by atoms with Gasteiger partial charge in [0.15, 0.2) is 0 Å². The molecule has 0 saturated heterocycles. The van der Waals surface area contributed by atoms with Crippen molar-refractivity contribution in [3.8, 4) is 0 Å². The number of aromatic nitrogens is 2. The van der Waals surface area contributed by atoms with E-state index in [1.165, 1.54) is 5.56 Å². The Kier molecular flexibility index (Phi) is 2.74. The van der Waals surface area contributed by atoms with Crippen LogP contribution >= 0.6 is 0 Å². The molecule has 0 spiro atoms. The Bertz CT molecular complexity index is 338. The molecular weight excluding hydrogens is 178 g/mol. The summed E-state index contributed by atoms with van der Waals surface area (Å²) in [7, 11) is 0. The summed E-state index contributed by atoms with van der Waals surface area (Å²) in [6, 6.07) is 0. The molecule has 1 aliphatic rings. The molecule has 0 unspecified atom stereocenters. The van der Waals surface area contributed by atoms with Gasteiger partial charge in [0.05, 0.1) is 18.9 Å². The molecule has 0 fully saturated rings. The minimum Gasteiger partial charge on any atom is -0.375 e. The zero-order valence-corrected chi connectivity index (χ0v) is 8.42. The van der Waals surface area contributed by atoms with E-state index in [1.54, 1.807) is 0 Å². The van der Waals surface area contributed by atoms with Crippen molar-refractivity contribution in [1.82, 2.24) is 9.97 Å². The SMILES string of the molecule is Cc1nc(CCN)nc2c1CCOC2. The maximum absolute atomic E-state index is 5.48. The van der Waals surface area contributed by atoms with E-state index in [1.807, 2.05) is 6.92 Å². The van der Waals surface area contributed by atoms with Crippen LogP contribution < -0.4 is 5.73 Å². The highest BCUT2D eigenvalue weighted by Gasteiger charge is 2.15. The van der Waals surface area contributed by atoms with E-state index in [4.69, 9.17) is 10.5 Å². The van der Waals surface area contributed by atoms with E-state index in [9.17, 15) is 0 Å². The monoisotopic (exact) mass is 193 g/mol. The van der Waals surface area contributed by atoms with Gasteiger partial charge in [-0.15, -0.1) is 0 Å². The van der Waals surface area contributed by atoms with Gasteiger partial charge in [-0.1, -0.05) is 0 Å². The van der Waals surface area contributed by atoms with Crippen LogP contribution in [0.15, 0.2) is 0 Å². The van der Waals surface area contributed by atoms with Crippen molar-refractivity contribution in [2.75, 3.05) is 13.2 Å². The van der Waals surface area contributed by atoms with Crippen LogP contribution in [0.2, 0.25) is 0 Å². The van der Waals surface area contributed by atoms with E-state index in [0.717, 1.165) is 36.7 Å². The first-order valence-electron chi connectivity index (χ1n) is 4.94. The molecular formula is C10H15N3O. The van der Waals surface area contributed by atoms with Crippen molar-refractivity contribution in [2.24, 2.45) is 5.73 Å². The molecule has 0 aromatic carbocycles. The first kappa shape index (κ1) is 9.55. The molecule has 1 aromatic heterocycles. The molecule has 2 N–H and O–H groups in total. The quantitative estimate of drug-likeness (QED) is 0.736. The second-order valence-electron chi connectivity index (χ2n) is 3.49. The highest BCUT2D eigenvalue weighted by Crippen LogP contribution is 2.17. The van der Waals surface area contributed by atoms with E-state index in [-0.39, 0.29) is 0 Å². The topological polar surface area (TPSA) is 61.0 Å². The first-order chi connectivity index (χ1) is 6.81. The summed E-state index contributed by atoms with van der Waals surface area (Å²) >= 11 is 0. The van der Waals surface area contributed by atoms with Crippen molar-refractivity contribution in [1.29, 1.82) is 0 Å². The number of aryl methyl sites for hydroxylation is 1. The average molecular weight is 193 g/mol. The molecule has 0 amide bonds. The van der Waals surface area contributed by atoms with Crippen LogP contribution in [0.3, 0.4) is 0 Å². The molecule has 14 heavy (non-hydrogen) atoms. The van der Waals surface area contributed by atoms with Gasteiger partial charge < -0.3 is 10.5 Å². The van der Waals surface area contributed by atoms with Gasteiger partial charge in [0.25, 0.3) is 0 Å². The standard InChI is InChI=1S/C10H15N3O/c1-7-8-3-5-14-6-9(8)13-10(12-7)2-4-11/h2-6,11H2,1H3. The lowest BCUT2D eigenvalue weighted by Crippen LogP contribution is -2.17. The van der Waals surface area contributed by atoms with Crippen LogP contribution in [0.1, 0.15) is 22.8 Å². The van der Waals surface area contributed by atoms with E-state index in [0.29, 0.717) is 13.2 Å². The van der Waals surface area contributed by atoms with Gasteiger partial charge in [-0.05, 0) is 25.5 Å². The fourth-order valence-corrected chi connectivity index (χ4v) is 1.75. The molecule has 0 radical (unpaired) electrons. The van der Waals surface area contributed by atoms with E-state index >= 15 is 0 Å². The van der Waals surface area contributed by atoms with Crippen molar-refractivity contribution < 1.29 is 4.74 Å². The largest absolute Gasteiger partial charge is 0.375 e. The second-order valence-corrected chi connectivity index (χ2v) is 3.49. The van der Waals surface area contributed by atoms with Gasteiger partial charge in [0.1, 0.15) is 5.82 Å². The number of fused-ring (bicyclic) bond motifs is 1. The third kappa shape index (κ3) is 1.76. The highest BCUT2D eigenvalue weighted by atomic mass is 16.5. The Morgan fingerprint density at radius 2 is 2.29 bits per heavy atom.